The quantitative estimate of drug-likeness (QED) is 0.345. The van der Waals surface area contributed by atoms with Gasteiger partial charge in [-0.15, -0.1) is 6.58 Å². The van der Waals surface area contributed by atoms with Crippen molar-refractivity contribution in [2.75, 3.05) is 11.9 Å². The monoisotopic (exact) mass is 397 g/mol. The van der Waals surface area contributed by atoms with E-state index in [1.54, 1.807) is 18.2 Å². The summed E-state index contributed by atoms with van der Waals surface area (Å²) in [5.41, 5.74) is 1.93. The lowest BCUT2D eigenvalue weighted by Gasteiger charge is -2.12. The number of aryl methyl sites for hydroxylation is 1. The predicted octanol–water partition coefficient (Wildman–Crippen LogP) is 3.93. The van der Waals surface area contributed by atoms with E-state index in [0.717, 1.165) is 10.5 Å². The van der Waals surface area contributed by atoms with Crippen LogP contribution in [-0.2, 0) is 9.59 Å². The van der Waals surface area contributed by atoms with Crippen LogP contribution in [0.25, 0.3) is 5.57 Å². The first-order valence-electron chi connectivity index (χ1n) is 8.33. The third-order valence-corrected chi connectivity index (χ3v) is 4.69. The molecule has 0 unspecified atom stereocenters. The number of halogens is 1. The van der Waals surface area contributed by atoms with Crippen molar-refractivity contribution in [1.82, 2.24) is 4.90 Å². The van der Waals surface area contributed by atoms with Crippen LogP contribution in [0.5, 0.6) is 0 Å². The molecule has 142 valence electrons. The summed E-state index contributed by atoms with van der Waals surface area (Å²) < 4.78 is 0. The number of carbonyl (C=O) groups excluding carboxylic acids is 2. The number of rotatable bonds is 6. The molecule has 7 nitrogen and oxygen atoms in total. The highest BCUT2D eigenvalue weighted by atomic mass is 35.5. The molecule has 1 aliphatic rings. The molecule has 3 rings (SSSR count). The second-order valence-electron chi connectivity index (χ2n) is 6.15. The smallest absolute Gasteiger partial charge is 0.278 e. The maximum atomic E-state index is 12.8. The van der Waals surface area contributed by atoms with E-state index in [-0.39, 0.29) is 23.5 Å². The van der Waals surface area contributed by atoms with Gasteiger partial charge < -0.3 is 5.32 Å². The molecular formula is C20H16ClN3O4. The number of carbonyl (C=O) groups is 2. The average Bonchev–Trinajstić information content (AvgIpc) is 2.89. The molecule has 2 aromatic carbocycles. The third-order valence-electron chi connectivity index (χ3n) is 4.29. The summed E-state index contributed by atoms with van der Waals surface area (Å²) in [6.45, 7) is 5.48. The van der Waals surface area contributed by atoms with Crippen LogP contribution in [-0.4, -0.2) is 28.2 Å². The number of nitro groups is 1. The number of nitrogens with one attached hydrogen (secondary N) is 1. The van der Waals surface area contributed by atoms with E-state index in [1.807, 2.05) is 6.92 Å². The molecule has 2 aromatic rings. The van der Waals surface area contributed by atoms with Crippen LogP contribution < -0.4 is 5.32 Å². The van der Waals surface area contributed by atoms with Gasteiger partial charge in [-0.05, 0) is 42.3 Å². The number of anilines is 1. The van der Waals surface area contributed by atoms with Gasteiger partial charge >= 0.3 is 0 Å². The van der Waals surface area contributed by atoms with E-state index >= 15 is 0 Å². The zero-order chi connectivity index (χ0) is 20.4. The summed E-state index contributed by atoms with van der Waals surface area (Å²) >= 11 is 6.15. The minimum Gasteiger partial charge on any atom is -0.350 e. The number of nitro benzene ring substituents is 1. The first kappa shape index (κ1) is 19.3. The molecular weight excluding hydrogens is 382 g/mol. The highest BCUT2D eigenvalue weighted by molar-refractivity contribution is 6.36. The molecule has 0 saturated carbocycles. The summed E-state index contributed by atoms with van der Waals surface area (Å²) in [5.74, 6) is -1.01. The molecule has 0 atom stereocenters. The van der Waals surface area contributed by atoms with Gasteiger partial charge in [0.1, 0.15) is 5.70 Å². The summed E-state index contributed by atoms with van der Waals surface area (Å²) in [7, 11) is 0. The van der Waals surface area contributed by atoms with Gasteiger partial charge in [0.15, 0.2) is 0 Å². The summed E-state index contributed by atoms with van der Waals surface area (Å²) in [5, 5.41) is 14.4. The van der Waals surface area contributed by atoms with Crippen LogP contribution in [0, 0.1) is 17.0 Å². The molecule has 2 amide bonds. The van der Waals surface area contributed by atoms with Crippen molar-refractivity contribution in [3.05, 3.63) is 87.1 Å². The highest BCUT2D eigenvalue weighted by Gasteiger charge is 2.38. The Morgan fingerprint density at radius 3 is 2.43 bits per heavy atom. The fourth-order valence-corrected chi connectivity index (χ4v) is 3.00. The molecule has 0 spiro atoms. The zero-order valence-electron chi connectivity index (χ0n) is 14.9. The molecule has 0 aliphatic carbocycles. The minimum atomic E-state index is -0.530. The van der Waals surface area contributed by atoms with Crippen LogP contribution >= 0.6 is 11.6 Å². The first-order chi connectivity index (χ1) is 13.3. The van der Waals surface area contributed by atoms with Crippen molar-refractivity contribution in [3.63, 3.8) is 0 Å². The zero-order valence-corrected chi connectivity index (χ0v) is 15.7. The number of amides is 2. The van der Waals surface area contributed by atoms with Crippen molar-refractivity contribution < 1.29 is 14.5 Å². The van der Waals surface area contributed by atoms with Gasteiger partial charge in [-0.25, -0.2) is 0 Å². The molecule has 1 heterocycles. The lowest BCUT2D eigenvalue weighted by Crippen LogP contribution is -2.32. The lowest BCUT2D eigenvalue weighted by molar-refractivity contribution is -0.384. The van der Waals surface area contributed by atoms with Crippen molar-refractivity contribution in [3.8, 4) is 0 Å². The number of nitrogens with zero attached hydrogens (tertiary/aromatic N) is 2. The Morgan fingerprint density at radius 2 is 1.86 bits per heavy atom. The molecule has 0 radical (unpaired) electrons. The Balaban J connectivity index is 2.08. The lowest BCUT2D eigenvalue weighted by atomic mass is 10.0. The van der Waals surface area contributed by atoms with Gasteiger partial charge in [0.2, 0.25) is 0 Å². The fraction of sp³-hybridized carbons (Fsp3) is 0.100. The second-order valence-corrected chi connectivity index (χ2v) is 6.56. The SMILES string of the molecule is C=CCN1C(=O)C(Nc2ccc(C)c(Cl)c2)=C(c2ccc([N+](=O)[O-])cc2)C1=O. The topological polar surface area (TPSA) is 92.6 Å². The van der Waals surface area contributed by atoms with Crippen molar-refractivity contribution >= 4 is 40.4 Å². The van der Waals surface area contributed by atoms with Gasteiger partial charge in [0.05, 0.1) is 10.5 Å². The first-order valence-corrected chi connectivity index (χ1v) is 8.70. The molecule has 28 heavy (non-hydrogen) atoms. The van der Waals surface area contributed by atoms with E-state index in [1.165, 1.54) is 30.3 Å². The number of benzene rings is 2. The van der Waals surface area contributed by atoms with Gasteiger partial charge in [-0.3, -0.25) is 24.6 Å². The Morgan fingerprint density at radius 1 is 1.18 bits per heavy atom. The summed E-state index contributed by atoms with van der Waals surface area (Å²) in [4.78, 5) is 37.1. The van der Waals surface area contributed by atoms with Crippen molar-refractivity contribution in [2.24, 2.45) is 0 Å². The molecule has 0 bridgehead atoms. The van der Waals surface area contributed by atoms with E-state index < -0.39 is 16.7 Å². The third kappa shape index (κ3) is 3.52. The van der Waals surface area contributed by atoms with E-state index in [0.29, 0.717) is 16.3 Å². The highest BCUT2D eigenvalue weighted by Crippen LogP contribution is 2.32. The Labute approximate surface area is 166 Å². The minimum absolute atomic E-state index is 0.0496. The second kappa shape index (κ2) is 7.66. The Bertz CT molecular complexity index is 1030. The van der Waals surface area contributed by atoms with Gasteiger partial charge in [0.25, 0.3) is 17.5 Å². The Kier molecular flexibility index (Phi) is 5.28. The van der Waals surface area contributed by atoms with Gasteiger partial charge in [0, 0.05) is 29.4 Å². The molecule has 1 aliphatic heterocycles. The fourth-order valence-electron chi connectivity index (χ4n) is 2.82. The van der Waals surface area contributed by atoms with Crippen LogP contribution in [0.3, 0.4) is 0 Å². The number of hydrogen-bond donors (Lipinski definition) is 1. The van der Waals surface area contributed by atoms with Crippen LogP contribution in [0.1, 0.15) is 11.1 Å². The molecule has 1 N–H and O–H groups in total. The normalized spacial score (nSPS) is 13.9. The predicted molar refractivity (Wildman–Crippen MR) is 107 cm³/mol. The molecule has 0 saturated heterocycles. The van der Waals surface area contributed by atoms with Crippen LogP contribution in [0.2, 0.25) is 5.02 Å². The van der Waals surface area contributed by atoms with Crippen molar-refractivity contribution in [2.45, 2.75) is 6.92 Å². The van der Waals surface area contributed by atoms with Crippen LogP contribution in [0.4, 0.5) is 11.4 Å². The molecule has 0 aromatic heterocycles. The van der Waals surface area contributed by atoms with Gasteiger partial charge in [-0.2, -0.15) is 0 Å². The van der Waals surface area contributed by atoms with E-state index in [2.05, 4.69) is 11.9 Å². The van der Waals surface area contributed by atoms with E-state index in [4.69, 9.17) is 11.6 Å². The van der Waals surface area contributed by atoms with E-state index in [9.17, 15) is 19.7 Å². The van der Waals surface area contributed by atoms with Crippen molar-refractivity contribution in [1.29, 1.82) is 0 Å². The van der Waals surface area contributed by atoms with Crippen LogP contribution in [0.15, 0.2) is 60.8 Å². The van der Waals surface area contributed by atoms with Gasteiger partial charge in [-0.1, -0.05) is 23.7 Å². The summed E-state index contributed by atoms with van der Waals surface area (Å²) in [6, 6.07) is 10.7. The maximum absolute atomic E-state index is 12.8. The number of imide groups is 1. The number of hydrogen-bond acceptors (Lipinski definition) is 5. The molecule has 0 fully saturated rings. The molecule has 8 heteroatoms. The summed E-state index contributed by atoms with van der Waals surface area (Å²) in [6.07, 6.45) is 1.45. The average molecular weight is 398 g/mol. The standard InChI is InChI=1S/C20H16ClN3O4/c1-3-10-23-19(25)17(13-5-8-15(9-6-13)24(27)28)18(20(23)26)22-14-7-4-12(2)16(21)11-14/h3-9,11,22H,1,10H2,2H3. The Hall–Kier alpha value is -3.45. The largest absolute Gasteiger partial charge is 0.350 e. The number of non-ortho nitro benzene ring substituents is 1. The maximum Gasteiger partial charge on any atom is 0.278 e.